The molecule has 0 aliphatic carbocycles. The number of nitrogens with one attached hydrogen (secondary N) is 2. The van der Waals surface area contributed by atoms with Crippen LogP contribution < -0.4 is 15.4 Å². The molecule has 3 aromatic rings. The first kappa shape index (κ1) is 30.0. The quantitative estimate of drug-likeness (QED) is 0.324. The Kier molecular flexibility index (Phi) is 9.45. The van der Waals surface area contributed by atoms with E-state index in [9.17, 15) is 9.90 Å². The molecular formula is C31H33Cl2N5O4. The van der Waals surface area contributed by atoms with Gasteiger partial charge in [-0.05, 0) is 31.1 Å². The maximum atomic E-state index is 13.1. The molecule has 1 aromatic heterocycles. The summed E-state index contributed by atoms with van der Waals surface area (Å²) in [5, 5.41) is 23.3. The van der Waals surface area contributed by atoms with Gasteiger partial charge in [0.05, 0.1) is 54.0 Å². The second-order valence-corrected chi connectivity index (χ2v) is 11.0. The van der Waals surface area contributed by atoms with E-state index in [1.165, 1.54) is 0 Å². The fraction of sp³-hybridized carbons (Fsp3) is 0.323. The first-order chi connectivity index (χ1) is 20.3. The number of amides is 1. The fourth-order valence-electron chi connectivity index (χ4n) is 5.01. The van der Waals surface area contributed by atoms with Crippen LogP contribution in [-0.2, 0) is 16.1 Å². The predicted octanol–water partition coefficient (Wildman–Crippen LogP) is 5.16. The average Bonchev–Trinajstić information content (AvgIpc) is 2.99. The maximum Gasteiger partial charge on any atom is 0.253 e. The molecular weight excluding hydrogens is 577 g/mol. The number of nitrogens with zero attached hydrogens (tertiary/aromatic N) is 3. The van der Waals surface area contributed by atoms with E-state index in [4.69, 9.17) is 37.7 Å². The highest BCUT2D eigenvalue weighted by Gasteiger charge is 2.24. The summed E-state index contributed by atoms with van der Waals surface area (Å²) in [7, 11) is 3.39. The molecule has 11 heteroatoms. The molecule has 0 spiro atoms. The van der Waals surface area contributed by atoms with Crippen molar-refractivity contribution in [2.45, 2.75) is 32.0 Å². The van der Waals surface area contributed by atoms with Crippen LogP contribution in [0, 0.1) is 0 Å². The summed E-state index contributed by atoms with van der Waals surface area (Å²) < 4.78 is 10.9. The van der Waals surface area contributed by atoms with Crippen LogP contribution in [0.15, 0.2) is 64.8 Å². The van der Waals surface area contributed by atoms with Gasteiger partial charge in [-0.1, -0.05) is 59.6 Å². The largest absolute Gasteiger partial charge is 0.481 e. The van der Waals surface area contributed by atoms with Gasteiger partial charge in [0, 0.05) is 54.1 Å². The Hall–Kier alpha value is -3.47. The molecule has 3 heterocycles. The third kappa shape index (κ3) is 6.45. The number of carbonyl (C=O) groups is 1. The van der Waals surface area contributed by atoms with Crippen molar-refractivity contribution in [1.29, 1.82) is 0 Å². The number of pyridine rings is 1. The first-order valence-electron chi connectivity index (χ1n) is 13.6. The molecule has 1 amide bonds. The lowest BCUT2D eigenvalue weighted by Gasteiger charge is -2.28. The number of benzene rings is 2. The number of hydrogen-bond donors (Lipinski definition) is 3. The van der Waals surface area contributed by atoms with Crippen molar-refractivity contribution >= 4 is 41.0 Å². The van der Waals surface area contributed by atoms with E-state index in [2.05, 4.69) is 15.7 Å². The van der Waals surface area contributed by atoms with Crippen LogP contribution in [0.3, 0.4) is 0 Å². The van der Waals surface area contributed by atoms with Gasteiger partial charge in [-0.15, -0.1) is 0 Å². The molecule has 2 aliphatic rings. The Morgan fingerprint density at radius 2 is 1.86 bits per heavy atom. The number of aliphatic hydroxyl groups excluding tert-OH is 1. The summed E-state index contributed by atoms with van der Waals surface area (Å²) >= 11 is 13.8. The van der Waals surface area contributed by atoms with Crippen LogP contribution in [0.2, 0.25) is 10.0 Å². The number of aromatic nitrogens is 1. The second-order valence-electron chi connectivity index (χ2n) is 10.3. The highest BCUT2D eigenvalue weighted by atomic mass is 35.5. The normalized spacial score (nSPS) is 18.8. The number of ether oxygens (including phenoxy) is 2. The van der Waals surface area contributed by atoms with Gasteiger partial charge in [0.2, 0.25) is 5.88 Å². The molecule has 1 fully saturated rings. The molecule has 9 nitrogen and oxygen atoms in total. The van der Waals surface area contributed by atoms with Crippen molar-refractivity contribution in [3.05, 3.63) is 75.3 Å². The van der Waals surface area contributed by atoms with Crippen molar-refractivity contribution in [2.75, 3.05) is 39.2 Å². The zero-order chi connectivity index (χ0) is 29.8. The van der Waals surface area contributed by atoms with E-state index in [0.717, 1.165) is 17.6 Å². The lowest BCUT2D eigenvalue weighted by atomic mass is 10.00. The molecule has 0 bridgehead atoms. The van der Waals surface area contributed by atoms with Crippen molar-refractivity contribution in [3.63, 3.8) is 0 Å². The molecule has 2 aromatic carbocycles. The van der Waals surface area contributed by atoms with Gasteiger partial charge in [-0.25, -0.2) is 4.98 Å². The van der Waals surface area contributed by atoms with Gasteiger partial charge in [0.1, 0.15) is 0 Å². The van der Waals surface area contributed by atoms with Crippen molar-refractivity contribution in [3.8, 4) is 28.3 Å². The highest BCUT2D eigenvalue weighted by Crippen LogP contribution is 2.41. The molecule has 220 valence electrons. The molecule has 0 radical (unpaired) electrons. The second kappa shape index (κ2) is 13.2. The van der Waals surface area contributed by atoms with Gasteiger partial charge < -0.3 is 25.2 Å². The Morgan fingerprint density at radius 1 is 1.12 bits per heavy atom. The van der Waals surface area contributed by atoms with Crippen molar-refractivity contribution in [1.82, 2.24) is 15.3 Å². The number of allylic oxidation sites excluding steroid dienone is 1. The number of carbonyl (C=O) groups excluding carboxylic acids is 1. The van der Waals surface area contributed by atoms with Gasteiger partial charge >= 0.3 is 0 Å². The Bertz CT molecular complexity index is 1540. The van der Waals surface area contributed by atoms with Crippen molar-refractivity contribution in [2.24, 2.45) is 5.10 Å². The number of anilines is 1. The van der Waals surface area contributed by atoms with E-state index < -0.39 is 6.10 Å². The Morgan fingerprint density at radius 3 is 2.62 bits per heavy atom. The molecule has 5 rings (SSSR count). The van der Waals surface area contributed by atoms with E-state index in [0.29, 0.717) is 75.9 Å². The number of likely N-dealkylation sites (N-methyl/N-ethyl adjacent to an activating group) is 1. The molecule has 2 atom stereocenters. The van der Waals surface area contributed by atoms with Crippen LogP contribution in [0.4, 0.5) is 5.69 Å². The third-order valence-electron chi connectivity index (χ3n) is 7.41. The van der Waals surface area contributed by atoms with E-state index >= 15 is 0 Å². The summed E-state index contributed by atoms with van der Waals surface area (Å²) in [5.41, 5.74) is 5.50. The predicted molar refractivity (Wildman–Crippen MR) is 166 cm³/mol. The number of halogens is 2. The summed E-state index contributed by atoms with van der Waals surface area (Å²) in [6.07, 6.45) is 1.85. The third-order valence-corrected chi connectivity index (χ3v) is 8.23. The van der Waals surface area contributed by atoms with Crippen LogP contribution in [0.1, 0.15) is 18.9 Å². The minimum absolute atomic E-state index is 0.0573. The summed E-state index contributed by atoms with van der Waals surface area (Å²) in [6.45, 7) is 3.69. The van der Waals surface area contributed by atoms with E-state index in [1.807, 2.05) is 56.4 Å². The van der Waals surface area contributed by atoms with E-state index in [-0.39, 0.29) is 11.9 Å². The number of hydrazone groups is 1. The molecule has 3 N–H and O–H groups in total. The monoisotopic (exact) mass is 609 g/mol. The first-order valence-corrected chi connectivity index (χ1v) is 14.4. The standard InChI is InChI=1S/C31H33Cl2N5O4/c1-18-14-35-38(2)16-23(18)30(40)36-26-9-5-7-21(29(26)33)20-6-4-8-22(28(20)32)24-11-10-19(31(37-24)41-3)15-34-25-12-13-42-17-27(25)39/h4-11,14,25,27,34,39H,12-13,15-17H2,1-3H3,(H,36,40)/t25-,27+/m1/s1. The molecule has 1 saturated heterocycles. The molecule has 42 heavy (non-hydrogen) atoms. The Balaban J connectivity index is 1.39. The van der Waals surface area contributed by atoms with Crippen LogP contribution in [-0.4, -0.2) is 73.3 Å². The van der Waals surface area contributed by atoms with Gasteiger partial charge in [0.15, 0.2) is 0 Å². The zero-order valence-electron chi connectivity index (χ0n) is 23.7. The van der Waals surface area contributed by atoms with Gasteiger partial charge in [0.25, 0.3) is 5.91 Å². The van der Waals surface area contributed by atoms with E-state index in [1.54, 1.807) is 24.4 Å². The number of methoxy groups -OCH3 is 1. The van der Waals surface area contributed by atoms with Gasteiger partial charge in [-0.3, -0.25) is 9.80 Å². The summed E-state index contributed by atoms with van der Waals surface area (Å²) in [4.78, 5) is 17.8. The summed E-state index contributed by atoms with van der Waals surface area (Å²) in [6, 6.07) is 14.9. The minimum Gasteiger partial charge on any atom is -0.481 e. The number of hydrogen-bond acceptors (Lipinski definition) is 8. The average molecular weight is 611 g/mol. The van der Waals surface area contributed by atoms with Crippen LogP contribution in [0.5, 0.6) is 5.88 Å². The lowest BCUT2D eigenvalue weighted by molar-refractivity contribution is -0.113. The molecule has 0 unspecified atom stereocenters. The summed E-state index contributed by atoms with van der Waals surface area (Å²) in [5.74, 6) is 0.232. The maximum absolute atomic E-state index is 13.1. The van der Waals surface area contributed by atoms with Gasteiger partial charge in [-0.2, -0.15) is 5.10 Å². The number of aliphatic hydroxyl groups is 1. The van der Waals surface area contributed by atoms with Crippen molar-refractivity contribution < 1.29 is 19.4 Å². The molecule has 2 aliphatic heterocycles. The highest BCUT2D eigenvalue weighted by molar-refractivity contribution is 6.39. The Labute approximate surface area is 255 Å². The SMILES string of the molecule is COc1nc(-c2cccc(-c3cccc(NC(=O)C4=C(C)C=NN(C)C4)c3Cl)c2Cl)ccc1CN[C@@H]1CCOC[C@@H]1O. The number of rotatable bonds is 8. The fourth-order valence-corrected chi connectivity index (χ4v) is 5.61. The van der Waals surface area contributed by atoms with Crippen LogP contribution in [0.25, 0.3) is 22.4 Å². The minimum atomic E-state index is -0.554. The van der Waals surface area contributed by atoms with Crippen LogP contribution >= 0.6 is 23.2 Å². The zero-order valence-corrected chi connectivity index (χ0v) is 25.2. The smallest absolute Gasteiger partial charge is 0.253 e. The topological polar surface area (TPSA) is 108 Å². The lowest BCUT2D eigenvalue weighted by Crippen LogP contribution is -2.46. The molecule has 0 saturated carbocycles.